The van der Waals surface area contributed by atoms with Gasteiger partial charge >= 0.3 is 5.97 Å². The van der Waals surface area contributed by atoms with Gasteiger partial charge in [-0.25, -0.2) is 4.79 Å². The molecule has 0 saturated carbocycles. The average molecular weight is 273 g/mol. The number of aliphatic hydroxyl groups excluding tert-OH is 1. The lowest BCUT2D eigenvalue weighted by Gasteiger charge is -2.16. The zero-order valence-electron chi connectivity index (χ0n) is 11.5. The van der Waals surface area contributed by atoms with E-state index in [1.165, 1.54) is 6.92 Å². The Morgan fingerprint density at radius 3 is 2.32 bits per heavy atom. The zero-order valence-corrected chi connectivity index (χ0v) is 11.5. The van der Waals surface area contributed by atoms with Gasteiger partial charge in [-0.05, 0) is 13.3 Å². The number of hydrogen-bond acceptors (Lipinski definition) is 4. The second-order valence-corrected chi connectivity index (χ2v) is 4.56. The molecule has 0 aliphatic rings. The molecule has 0 spiro atoms. The van der Waals surface area contributed by atoms with Crippen molar-refractivity contribution in [2.75, 3.05) is 6.61 Å². The molecule has 6 nitrogen and oxygen atoms in total. The van der Waals surface area contributed by atoms with E-state index < -0.39 is 23.8 Å². The second-order valence-electron chi connectivity index (χ2n) is 4.56. The fraction of sp³-hybridized carbons (Fsp3) is 0.769. The number of nitrogens with one attached hydrogen (secondary N) is 1. The van der Waals surface area contributed by atoms with Gasteiger partial charge in [0.15, 0.2) is 0 Å². The summed E-state index contributed by atoms with van der Waals surface area (Å²) < 4.78 is 0. The van der Waals surface area contributed by atoms with Crippen LogP contribution < -0.4 is 5.32 Å². The van der Waals surface area contributed by atoms with Crippen LogP contribution in [0.1, 0.15) is 46.0 Å². The van der Waals surface area contributed by atoms with Crippen LogP contribution in [-0.4, -0.2) is 40.5 Å². The Morgan fingerprint density at radius 2 is 1.84 bits per heavy atom. The molecule has 0 aliphatic carbocycles. The lowest BCUT2D eigenvalue weighted by atomic mass is 9.99. The molecule has 0 aromatic rings. The number of carbonyl (C=O) groups excluding carboxylic acids is 2. The van der Waals surface area contributed by atoms with Crippen molar-refractivity contribution in [3.05, 3.63) is 0 Å². The van der Waals surface area contributed by atoms with E-state index in [2.05, 4.69) is 5.32 Å². The molecule has 110 valence electrons. The van der Waals surface area contributed by atoms with Gasteiger partial charge in [-0.15, -0.1) is 0 Å². The predicted octanol–water partition coefficient (Wildman–Crippen LogP) is 0.724. The Hall–Kier alpha value is -1.43. The smallest absolute Gasteiger partial charge is 0.326 e. The molecule has 0 fully saturated rings. The number of aliphatic hydroxyl groups is 1. The van der Waals surface area contributed by atoms with Crippen LogP contribution in [0.2, 0.25) is 0 Å². The summed E-state index contributed by atoms with van der Waals surface area (Å²) in [7, 11) is 0. The minimum atomic E-state index is -1.21. The fourth-order valence-electron chi connectivity index (χ4n) is 1.60. The fourth-order valence-corrected chi connectivity index (χ4v) is 1.60. The highest BCUT2D eigenvalue weighted by Crippen LogP contribution is 2.07. The van der Waals surface area contributed by atoms with Gasteiger partial charge in [-0.1, -0.05) is 19.8 Å². The highest BCUT2D eigenvalue weighted by molar-refractivity contribution is 6.01. The average Bonchev–Trinajstić information content (AvgIpc) is 2.37. The maximum Gasteiger partial charge on any atom is 0.326 e. The SMILES string of the molecule is CCCCCC(=O)C(C)C(=O)NC(CCO)C(=O)O. The van der Waals surface area contributed by atoms with Crippen molar-refractivity contribution in [1.82, 2.24) is 5.32 Å². The van der Waals surface area contributed by atoms with E-state index in [-0.39, 0.29) is 18.8 Å². The van der Waals surface area contributed by atoms with Gasteiger partial charge in [0.1, 0.15) is 11.8 Å². The van der Waals surface area contributed by atoms with Crippen LogP contribution in [0.3, 0.4) is 0 Å². The van der Waals surface area contributed by atoms with E-state index in [4.69, 9.17) is 10.2 Å². The molecule has 0 aromatic heterocycles. The van der Waals surface area contributed by atoms with Gasteiger partial charge in [0.25, 0.3) is 0 Å². The Bertz CT molecular complexity index is 316. The van der Waals surface area contributed by atoms with E-state index in [1.807, 2.05) is 6.92 Å². The zero-order chi connectivity index (χ0) is 14.8. The lowest BCUT2D eigenvalue weighted by Crippen LogP contribution is -2.45. The maximum atomic E-state index is 11.7. The van der Waals surface area contributed by atoms with Gasteiger partial charge in [0.2, 0.25) is 5.91 Å². The number of hydrogen-bond donors (Lipinski definition) is 3. The van der Waals surface area contributed by atoms with Crippen LogP contribution in [0.25, 0.3) is 0 Å². The predicted molar refractivity (Wildman–Crippen MR) is 69.6 cm³/mol. The summed E-state index contributed by atoms with van der Waals surface area (Å²) in [6.07, 6.45) is 2.93. The second kappa shape index (κ2) is 9.49. The van der Waals surface area contributed by atoms with Gasteiger partial charge in [0.05, 0.1) is 5.92 Å². The van der Waals surface area contributed by atoms with Crippen molar-refractivity contribution in [2.45, 2.75) is 52.0 Å². The van der Waals surface area contributed by atoms with E-state index in [0.29, 0.717) is 6.42 Å². The molecular formula is C13H23NO5. The highest BCUT2D eigenvalue weighted by Gasteiger charge is 2.25. The van der Waals surface area contributed by atoms with E-state index >= 15 is 0 Å². The Morgan fingerprint density at radius 1 is 1.21 bits per heavy atom. The summed E-state index contributed by atoms with van der Waals surface area (Å²) in [6, 6.07) is -1.15. The number of amides is 1. The number of carboxylic acids is 1. The first-order chi connectivity index (χ1) is 8.93. The number of aliphatic carboxylic acids is 1. The molecule has 0 heterocycles. The summed E-state index contributed by atoms with van der Waals surface area (Å²) in [5.74, 6) is -2.84. The van der Waals surface area contributed by atoms with Crippen LogP contribution in [0.15, 0.2) is 0 Å². The first-order valence-electron chi connectivity index (χ1n) is 6.60. The van der Waals surface area contributed by atoms with Gasteiger partial charge < -0.3 is 15.5 Å². The van der Waals surface area contributed by atoms with Crippen molar-refractivity contribution in [3.8, 4) is 0 Å². The molecule has 0 aromatic carbocycles. The molecule has 2 unspecified atom stereocenters. The molecule has 0 bridgehead atoms. The summed E-state index contributed by atoms with van der Waals surface area (Å²) in [5, 5.41) is 19.8. The summed E-state index contributed by atoms with van der Waals surface area (Å²) in [4.78, 5) is 34.3. The monoisotopic (exact) mass is 273 g/mol. The van der Waals surface area contributed by atoms with Gasteiger partial charge in [0, 0.05) is 19.4 Å². The first kappa shape index (κ1) is 17.6. The standard InChI is InChI=1S/C13H23NO5/c1-3-4-5-6-11(16)9(2)12(17)14-10(7-8-15)13(18)19/h9-10,15H,3-8H2,1-2H3,(H,14,17)(H,18,19). The number of ketones is 1. The highest BCUT2D eigenvalue weighted by atomic mass is 16.4. The number of carbonyl (C=O) groups is 3. The lowest BCUT2D eigenvalue weighted by molar-refractivity contribution is -0.144. The minimum Gasteiger partial charge on any atom is -0.480 e. The number of rotatable bonds is 10. The molecular weight excluding hydrogens is 250 g/mol. The van der Waals surface area contributed by atoms with Crippen molar-refractivity contribution in [2.24, 2.45) is 5.92 Å². The Kier molecular flexibility index (Phi) is 8.78. The summed E-state index contributed by atoms with van der Waals surface area (Å²) >= 11 is 0. The molecule has 0 radical (unpaired) electrons. The van der Waals surface area contributed by atoms with Crippen LogP contribution in [0.4, 0.5) is 0 Å². The number of unbranched alkanes of at least 4 members (excludes halogenated alkanes) is 2. The minimum absolute atomic E-state index is 0.0716. The first-order valence-corrected chi connectivity index (χ1v) is 6.60. The largest absolute Gasteiger partial charge is 0.480 e. The molecule has 1 amide bonds. The molecule has 19 heavy (non-hydrogen) atoms. The Labute approximate surface area is 113 Å². The maximum absolute atomic E-state index is 11.7. The summed E-state index contributed by atoms with van der Waals surface area (Å²) in [6.45, 7) is 3.16. The van der Waals surface area contributed by atoms with Gasteiger partial charge in [-0.3, -0.25) is 9.59 Å². The van der Waals surface area contributed by atoms with Crippen molar-refractivity contribution in [3.63, 3.8) is 0 Å². The molecule has 0 rings (SSSR count). The third kappa shape index (κ3) is 6.91. The van der Waals surface area contributed by atoms with Crippen molar-refractivity contribution >= 4 is 17.7 Å². The van der Waals surface area contributed by atoms with Crippen LogP contribution >= 0.6 is 0 Å². The van der Waals surface area contributed by atoms with Crippen molar-refractivity contribution in [1.29, 1.82) is 0 Å². The van der Waals surface area contributed by atoms with E-state index in [9.17, 15) is 14.4 Å². The van der Waals surface area contributed by atoms with Crippen molar-refractivity contribution < 1.29 is 24.6 Å². The topological polar surface area (TPSA) is 104 Å². The normalized spacial score (nSPS) is 13.6. The molecule has 0 saturated heterocycles. The van der Waals surface area contributed by atoms with Crippen LogP contribution in [0, 0.1) is 5.92 Å². The number of Topliss-reactive ketones (excluding diaryl/α,β-unsaturated/α-hetero) is 1. The van der Waals surface area contributed by atoms with E-state index in [1.54, 1.807) is 0 Å². The quantitative estimate of drug-likeness (QED) is 0.402. The third-order valence-electron chi connectivity index (χ3n) is 2.94. The van der Waals surface area contributed by atoms with E-state index in [0.717, 1.165) is 19.3 Å². The van der Waals surface area contributed by atoms with Crippen LogP contribution in [-0.2, 0) is 14.4 Å². The molecule has 2 atom stereocenters. The van der Waals surface area contributed by atoms with Crippen LogP contribution in [0.5, 0.6) is 0 Å². The molecule has 0 aliphatic heterocycles. The van der Waals surface area contributed by atoms with Gasteiger partial charge in [-0.2, -0.15) is 0 Å². The summed E-state index contributed by atoms with van der Waals surface area (Å²) in [5.41, 5.74) is 0. The Balaban J connectivity index is 4.30. The molecule has 6 heteroatoms. The molecule has 3 N–H and O–H groups in total. The number of carboxylic acid groups (broad SMARTS) is 1. The third-order valence-corrected chi connectivity index (χ3v) is 2.94.